The second kappa shape index (κ2) is 6.83. The van der Waals surface area contributed by atoms with Crippen LogP contribution in [-0.2, 0) is 14.6 Å². The molecule has 15 heavy (non-hydrogen) atoms. The highest BCUT2D eigenvalue weighted by atomic mass is 17.2. The summed E-state index contributed by atoms with van der Waals surface area (Å²) in [5.74, 6) is 0.431. The van der Waals surface area contributed by atoms with E-state index in [-0.39, 0.29) is 5.97 Å². The summed E-state index contributed by atoms with van der Waals surface area (Å²) >= 11 is 0. The fourth-order valence-corrected chi connectivity index (χ4v) is 1.04. The molecule has 0 saturated heterocycles. The number of rotatable bonds is 6. The maximum Gasteiger partial charge on any atom is 0.342 e. The Hall–Kier alpha value is -0.570. The predicted molar refractivity (Wildman–Crippen MR) is 60.2 cm³/mol. The second-order valence-electron chi connectivity index (χ2n) is 5.29. The molecule has 0 aliphatic heterocycles. The average Bonchev–Trinajstić information content (AvgIpc) is 2.07. The number of hydrogen-bond donors (Lipinski definition) is 0. The second-order valence-corrected chi connectivity index (χ2v) is 5.29. The topological polar surface area (TPSA) is 35.5 Å². The highest BCUT2D eigenvalue weighted by molar-refractivity contribution is 5.68. The van der Waals surface area contributed by atoms with Crippen LogP contribution in [0.25, 0.3) is 0 Å². The summed E-state index contributed by atoms with van der Waals surface area (Å²) in [5, 5.41) is 0. The smallest absolute Gasteiger partial charge is 0.298 e. The van der Waals surface area contributed by atoms with Crippen molar-refractivity contribution in [1.82, 2.24) is 0 Å². The van der Waals surface area contributed by atoms with Crippen molar-refractivity contribution in [3.63, 3.8) is 0 Å². The number of unbranched alkanes of at least 4 members (excludes halogenated alkanes) is 1. The molecular formula is C12H24O3. The molecule has 0 aromatic heterocycles. The Morgan fingerprint density at radius 3 is 2.27 bits per heavy atom. The Kier molecular flexibility index (Phi) is 6.57. The highest BCUT2D eigenvalue weighted by Gasteiger charge is 2.14. The number of carbonyl (C=O) groups excluding carboxylic acids is 1. The van der Waals surface area contributed by atoms with E-state index in [2.05, 4.69) is 18.7 Å². The molecule has 0 amide bonds. The van der Waals surface area contributed by atoms with Gasteiger partial charge in [0, 0.05) is 6.42 Å². The van der Waals surface area contributed by atoms with Gasteiger partial charge >= 0.3 is 5.97 Å². The molecule has 0 radical (unpaired) electrons. The Balaban J connectivity index is 3.42. The van der Waals surface area contributed by atoms with Gasteiger partial charge in [-0.3, -0.25) is 4.89 Å². The van der Waals surface area contributed by atoms with E-state index < -0.39 is 5.60 Å². The minimum Gasteiger partial charge on any atom is -0.298 e. The maximum absolute atomic E-state index is 11.2. The number of hydrogen-bond acceptors (Lipinski definition) is 3. The van der Waals surface area contributed by atoms with E-state index in [9.17, 15) is 4.79 Å². The first kappa shape index (κ1) is 14.4. The van der Waals surface area contributed by atoms with Gasteiger partial charge in [0.2, 0.25) is 0 Å². The minimum absolute atomic E-state index is 0.270. The zero-order valence-corrected chi connectivity index (χ0v) is 10.6. The van der Waals surface area contributed by atoms with Gasteiger partial charge < -0.3 is 0 Å². The maximum atomic E-state index is 11.2. The molecule has 0 unspecified atom stereocenters. The molecule has 0 aromatic carbocycles. The van der Waals surface area contributed by atoms with Crippen molar-refractivity contribution >= 4 is 5.97 Å². The van der Waals surface area contributed by atoms with Gasteiger partial charge in [-0.15, -0.1) is 0 Å². The molecule has 3 nitrogen and oxygen atoms in total. The largest absolute Gasteiger partial charge is 0.342 e. The molecule has 0 aromatic rings. The minimum atomic E-state index is -0.423. The van der Waals surface area contributed by atoms with Gasteiger partial charge in [0.05, 0.1) is 0 Å². The van der Waals surface area contributed by atoms with Crippen LogP contribution in [0.3, 0.4) is 0 Å². The third-order valence-electron chi connectivity index (χ3n) is 1.80. The van der Waals surface area contributed by atoms with Crippen molar-refractivity contribution in [2.24, 2.45) is 5.92 Å². The molecule has 0 heterocycles. The van der Waals surface area contributed by atoms with Crippen LogP contribution in [0, 0.1) is 5.92 Å². The van der Waals surface area contributed by atoms with Crippen LogP contribution in [-0.4, -0.2) is 11.6 Å². The lowest BCUT2D eigenvalue weighted by Gasteiger charge is -2.16. The first-order valence-corrected chi connectivity index (χ1v) is 5.70. The van der Waals surface area contributed by atoms with E-state index >= 15 is 0 Å². The van der Waals surface area contributed by atoms with Crippen molar-refractivity contribution in [3.8, 4) is 0 Å². The first-order chi connectivity index (χ1) is 6.81. The lowest BCUT2D eigenvalue weighted by Crippen LogP contribution is -2.21. The van der Waals surface area contributed by atoms with Crippen molar-refractivity contribution in [2.75, 3.05) is 0 Å². The molecule has 0 aliphatic carbocycles. The summed E-state index contributed by atoms with van der Waals surface area (Å²) in [6.45, 7) is 9.90. The molecular weight excluding hydrogens is 192 g/mol. The molecule has 0 N–H and O–H groups in total. The van der Waals surface area contributed by atoms with Crippen LogP contribution in [0.2, 0.25) is 0 Å². The summed E-state index contributed by atoms with van der Waals surface area (Å²) < 4.78 is 0. The van der Waals surface area contributed by atoms with Crippen LogP contribution in [0.5, 0.6) is 0 Å². The summed E-state index contributed by atoms with van der Waals surface area (Å²) in [7, 11) is 0. The van der Waals surface area contributed by atoms with Crippen LogP contribution in [0.1, 0.15) is 60.3 Å². The van der Waals surface area contributed by atoms with Gasteiger partial charge in [-0.25, -0.2) is 4.79 Å². The van der Waals surface area contributed by atoms with Crippen molar-refractivity contribution in [3.05, 3.63) is 0 Å². The number of carbonyl (C=O) groups is 1. The third-order valence-corrected chi connectivity index (χ3v) is 1.80. The van der Waals surface area contributed by atoms with E-state index in [0.717, 1.165) is 19.3 Å². The molecule has 0 aliphatic rings. The molecule has 0 saturated carbocycles. The Labute approximate surface area is 93.1 Å². The molecule has 0 spiro atoms. The monoisotopic (exact) mass is 216 g/mol. The van der Waals surface area contributed by atoms with E-state index in [1.165, 1.54) is 0 Å². The summed E-state index contributed by atoms with van der Waals surface area (Å²) in [6, 6.07) is 0. The Morgan fingerprint density at radius 2 is 1.80 bits per heavy atom. The highest BCUT2D eigenvalue weighted by Crippen LogP contribution is 2.11. The van der Waals surface area contributed by atoms with Gasteiger partial charge in [0.1, 0.15) is 5.60 Å². The SMILES string of the molecule is CC(C)CCCCC(=O)OOC(C)(C)C. The zero-order valence-electron chi connectivity index (χ0n) is 10.6. The van der Waals surface area contributed by atoms with Crippen molar-refractivity contribution in [2.45, 2.75) is 65.9 Å². The van der Waals surface area contributed by atoms with Crippen molar-refractivity contribution < 1.29 is 14.6 Å². The molecule has 0 bridgehead atoms. The van der Waals surface area contributed by atoms with Crippen LogP contribution < -0.4 is 0 Å². The van der Waals surface area contributed by atoms with E-state index in [0.29, 0.717) is 12.3 Å². The normalized spacial score (nSPS) is 11.9. The lowest BCUT2D eigenvalue weighted by atomic mass is 10.1. The van der Waals surface area contributed by atoms with Crippen LogP contribution in [0.15, 0.2) is 0 Å². The fourth-order valence-electron chi connectivity index (χ4n) is 1.04. The Morgan fingerprint density at radius 1 is 1.20 bits per heavy atom. The van der Waals surface area contributed by atoms with E-state index in [1.54, 1.807) is 0 Å². The first-order valence-electron chi connectivity index (χ1n) is 5.70. The lowest BCUT2D eigenvalue weighted by molar-refractivity contribution is -0.320. The van der Waals surface area contributed by atoms with Crippen LogP contribution in [0.4, 0.5) is 0 Å². The zero-order chi connectivity index (χ0) is 11.9. The molecule has 0 atom stereocenters. The van der Waals surface area contributed by atoms with Gasteiger partial charge in [0.15, 0.2) is 0 Å². The standard InChI is InChI=1S/C12H24O3/c1-10(2)8-6-7-9-11(13)14-15-12(3,4)5/h10H,6-9H2,1-5H3. The summed E-state index contributed by atoms with van der Waals surface area (Å²) in [6.07, 6.45) is 3.56. The van der Waals surface area contributed by atoms with Gasteiger partial charge in [-0.2, -0.15) is 4.89 Å². The molecule has 0 rings (SSSR count). The average molecular weight is 216 g/mol. The quantitative estimate of drug-likeness (QED) is 0.387. The van der Waals surface area contributed by atoms with Gasteiger partial charge in [-0.05, 0) is 33.1 Å². The fraction of sp³-hybridized carbons (Fsp3) is 0.917. The summed E-state index contributed by atoms with van der Waals surface area (Å²) in [5.41, 5.74) is -0.423. The van der Waals surface area contributed by atoms with Gasteiger partial charge in [-0.1, -0.05) is 26.7 Å². The summed E-state index contributed by atoms with van der Waals surface area (Å²) in [4.78, 5) is 20.8. The molecule has 0 fully saturated rings. The van der Waals surface area contributed by atoms with Gasteiger partial charge in [0.25, 0.3) is 0 Å². The van der Waals surface area contributed by atoms with Crippen LogP contribution >= 0.6 is 0 Å². The van der Waals surface area contributed by atoms with E-state index in [4.69, 9.17) is 4.89 Å². The Bertz CT molecular complexity index is 180. The predicted octanol–water partition coefficient (Wildman–Crippen LogP) is 3.48. The van der Waals surface area contributed by atoms with E-state index in [1.807, 2.05) is 20.8 Å². The molecule has 90 valence electrons. The third kappa shape index (κ3) is 11.4. The molecule has 3 heteroatoms. The van der Waals surface area contributed by atoms with Crippen molar-refractivity contribution in [1.29, 1.82) is 0 Å².